The number of carbonyl (C=O) groups excluding carboxylic acids is 1. The maximum Gasteiger partial charge on any atom is 1.00 e. The van der Waals surface area contributed by atoms with Gasteiger partial charge < -0.3 is 20.1 Å². The number of nitrogens with zero attached hydrogens (tertiary/aromatic N) is 2. The van der Waals surface area contributed by atoms with Crippen LogP contribution in [0, 0.1) is 11.6 Å². The minimum atomic E-state index is -4.95. The maximum absolute atomic E-state index is 13.9. The number of carboxylic acid groups (broad SMARTS) is 1. The van der Waals surface area contributed by atoms with Gasteiger partial charge in [0.15, 0.2) is 0 Å². The molecule has 0 spiro atoms. The van der Waals surface area contributed by atoms with E-state index in [1.54, 1.807) is 0 Å². The molecular formula is C23H18F5N2NaO4. The first-order valence-corrected chi connectivity index (χ1v) is 9.91. The average molecular weight is 504 g/mol. The van der Waals surface area contributed by atoms with E-state index in [4.69, 9.17) is 0 Å². The van der Waals surface area contributed by atoms with E-state index in [0.29, 0.717) is 4.57 Å². The zero-order valence-corrected chi connectivity index (χ0v) is 20.3. The predicted molar refractivity (Wildman–Crippen MR) is 110 cm³/mol. The van der Waals surface area contributed by atoms with Crippen molar-refractivity contribution in [2.75, 3.05) is 0 Å². The van der Waals surface area contributed by atoms with Crippen molar-refractivity contribution in [2.24, 2.45) is 0 Å². The van der Waals surface area contributed by atoms with Crippen LogP contribution in [-0.2, 0) is 11.0 Å². The summed E-state index contributed by atoms with van der Waals surface area (Å²) in [6.45, 7) is 0. The minimum absolute atomic E-state index is 0. The van der Waals surface area contributed by atoms with Crippen molar-refractivity contribution >= 4 is 12.2 Å². The molecular weight excluding hydrogens is 486 g/mol. The number of aliphatic hydroxyl groups excluding tert-OH is 2. The molecule has 0 aliphatic carbocycles. The summed E-state index contributed by atoms with van der Waals surface area (Å²) in [6.07, 6.45) is -7.38. The number of hydrogen-bond donors (Lipinski definition) is 2. The molecule has 0 aliphatic heterocycles. The van der Waals surface area contributed by atoms with E-state index in [0.717, 1.165) is 36.5 Å². The number of aliphatic hydroxyl groups is 2. The molecule has 2 atom stereocenters. The van der Waals surface area contributed by atoms with E-state index >= 15 is 0 Å². The monoisotopic (exact) mass is 504 g/mol. The zero-order chi connectivity index (χ0) is 25.0. The Morgan fingerprint density at radius 2 is 1.51 bits per heavy atom. The summed E-state index contributed by atoms with van der Waals surface area (Å²) in [6, 6.07) is 9.15. The number of alkyl halides is 3. The van der Waals surface area contributed by atoms with Crippen LogP contribution in [-0.4, -0.2) is 37.9 Å². The number of imidazole rings is 1. The van der Waals surface area contributed by atoms with Crippen LogP contribution in [0.2, 0.25) is 0 Å². The Labute approximate surface area is 218 Å². The van der Waals surface area contributed by atoms with Gasteiger partial charge in [0, 0.05) is 36.1 Å². The quantitative estimate of drug-likeness (QED) is 0.339. The Morgan fingerprint density at radius 3 is 2.00 bits per heavy atom. The molecule has 3 rings (SSSR count). The summed E-state index contributed by atoms with van der Waals surface area (Å²) in [7, 11) is 0. The van der Waals surface area contributed by atoms with Crippen molar-refractivity contribution in [3.05, 3.63) is 72.1 Å². The number of hydrogen-bond acceptors (Lipinski definition) is 5. The number of halogens is 5. The van der Waals surface area contributed by atoms with Gasteiger partial charge in [-0.2, -0.15) is 13.2 Å². The first-order valence-electron chi connectivity index (χ1n) is 9.91. The number of carbonyl (C=O) groups is 1. The molecule has 3 aromatic rings. The first-order chi connectivity index (χ1) is 16.0. The van der Waals surface area contributed by atoms with Crippen LogP contribution in [0.15, 0.2) is 54.6 Å². The molecule has 0 radical (unpaired) electrons. The van der Waals surface area contributed by atoms with E-state index < -0.39 is 54.7 Å². The van der Waals surface area contributed by atoms with Crippen LogP contribution in [0.4, 0.5) is 22.0 Å². The second kappa shape index (κ2) is 11.9. The van der Waals surface area contributed by atoms with Crippen LogP contribution in [0.3, 0.4) is 0 Å². The normalized spacial score (nSPS) is 13.5. The van der Waals surface area contributed by atoms with Gasteiger partial charge in [0.05, 0.1) is 23.6 Å². The summed E-state index contributed by atoms with van der Waals surface area (Å²) in [4.78, 5) is 14.3. The van der Waals surface area contributed by atoms with Crippen LogP contribution >= 0.6 is 0 Å². The maximum atomic E-state index is 13.9. The molecule has 180 valence electrons. The Hall–Kier alpha value is -2.57. The fourth-order valence-electron chi connectivity index (χ4n) is 3.29. The fraction of sp³-hybridized carbons (Fsp3) is 0.217. The van der Waals surface area contributed by atoms with Gasteiger partial charge in [0.25, 0.3) is 0 Å². The molecule has 0 saturated heterocycles. The van der Waals surface area contributed by atoms with E-state index in [9.17, 15) is 42.1 Å². The molecule has 0 aliphatic rings. The van der Waals surface area contributed by atoms with Crippen LogP contribution in [0.5, 0.6) is 0 Å². The second-order valence-electron chi connectivity index (χ2n) is 7.39. The van der Waals surface area contributed by atoms with Gasteiger partial charge in [0.2, 0.25) is 5.82 Å². The average Bonchev–Trinajstić information content (AvgIpc) is 3.12. The smallest absolute Gasteiger partial charge is 0.550 e. The second-order valence-corrected chi connectivity index (χ2v) is 7.39. The molecule has 0 amide bonds. The van der Waals surface area contributed by atoms with Gasteiger partial charge in [-0.25, -0.2) is 13.8 Å². The summed E-state index contributed by atoms with van der Waals surface area (Å²) in [5.41, 5.74) is 0.0240. The molecule has 0 saturated carbocycles. The number of benzene rings is 2. The third-order valence-corrected chi connectivity index (χ3v) is 4.77. The van der Waals surface area contributed by atoms with Gasteiger partial charge in [-0.1, -0.05) is 0 Å². The molecule has 1 aromatic heterocycles. The molecule has 0 fully saturated rings. The standard InChI is InChI=1S/C23H19F5N2O4.Na/c24-15-5-1-13(2-6-15)20-21(14-3-7-16(25)8-4-14)30(22(29-20)23(26,27)28)10-9-17(31)11-18(32)12-19(33)34;/h1-10,17-18,31-32H,11-12H2,(H,33,34);/q;+1/p-1/b10-9+;/t17-,18-;/m1./s1. The van der Waals surface area contributed by atoms with Crippen LogP contribution in [0.1, 0.15) is 18.7 Å². The van der Waals surface area contributed by atoms with Gasteiger partial charge in [-0.05, 0) is 54.6 Å². The summed E-state index contributed by atoms with van der Waals surface area (Å²) in [5, 5.41) is 30.2. The number of rotatable bonds is 8. The third-order valence-electron chi connectivity index (χ3n) is 4.77. The summed E-state index contributed by atoms with van der Waals surface area (Å²) in [5.74, 6) is -4.16. The van der Waals surface area contributed by atoms with E-state index in [-0.39, 0.29) is 52.1 Å². The number of aliphatic carboxylic acids is 1. The molecule has 1 heterocycles. The Balaban J connectivity index is 0.00000432. The van der Waals surface area contributed by atoms with Crippen molar-refractivity contribution < 1.29 is 71.6 Å². The molecule has 0 unspecified atom stereocenters. The minimum Gasteiger partial charge on any atom is -0.550 e. The van der Waals surface area contributed by atoms with E-state index in [1.165, 1.54) is 24.3 Å². The molecule has 2 aromatic carbocycles. The van der Waals surface area contributed by atoms with Crippen LogP contribution < -0.4 is 34.7 Å². The van der Waals surface area contributed by atoms with Gasteiger partial charge in [-0.3, -0.25) is 4.57 Å². The van der Waals surface area contributed by atoms with Crippen molar-refractivity contribution in [3.63, 3.8) is 0 Å². The zero-order valence-electron chi connectivity index (χ0n) is 18.3. The summed E-state index contributed by atoms with van der Waals surface area (Å²) < 4.78 is 69.1. The first kappa shape index (κ1) is 28.7. The Kier molecular flexibility index (Phi) is 9.76. The topological polar surface area (TPSA) is 98.4 Å². The van der Waals surface area contributed by atoms with E-state index in [2.05, 4.69) is 4.98 Å². The van der Waals surface area contributed by atoms with Crippen molar-refractivity contribution in [1.29, 1.82) is 0 Å². The number of aromatic nitrogens is 2. The van der Waals surface area contributed by atoms with E-state index in [1.807, 2.05) is 0 Å². The Morgan fingerprint density at radius 1 is 1.00 bits per heavy atom. The van der Waals surface area contributed by atoms with Crippen LogP contribution in [0.25, 0.3) is 28.7 Å². The Bertz CT molecular complexity index is 1180. The van der Waals surface area contributed by atoms with Crippen molar-refractivity contribution in [1.82, 2.24) is 9.55 Å². The summed E-state index contributed by atoms with van der Waals surface area (Å²) >= 11 is 0. The van der Waals surface area contributed by atoms with Crippen molar-refractivity contribution in [2.45, 2.75) is 31.2 Å². The molecule has 2 N–H and O–H groups in total. The SMILES string of the molecule is O=C([O-])C[C@H](O)C[C@H](O)/C=C/n1c(C(F)(F)F)nc(-c2ccc(F)cc2)c1-c1ccc(F)cc1.[Na+]. The third kappa shape index (κ3) is 7.45. The van der Waals surface area contributed by atoms with Gasteiger partial charge in [0.1, 0.15) is 11.6 Å². The number of carboxylic acids is 1. The van der Waals surface area contributed by atoms with Gasteiger partial charge in [-0.15, -0.1) is 0 Å². The predicted octanol–water partition coefficient (Wildman–Crippen LogP) is 0.241. The van der Waals surface area contributed by atoms with Crippen molar-refractivity contribution in [3.8, 4) is 22.5 Å². The fourth-order valence-corrected chi connectivity index (χ4v) is 3.29. The largest absolute Gasteiger partial charge is 1.00 e. The molecule has 0 bridgehead atoms. The molecule has 12 heteroatoms. The van der Waals surface area contributed by atoms with Gasteiger partial charge >= 0.3 is 35.7 Å². The molecule has 6 nitrogen and oxygen atoms in total. The molecule has 35 heavy (non-hydrogen) atoms.